The van der Waals surface area contributed by atoms with Gasteiger partial charge in [0.25, 0.3) is 0 Å². The van der Waals surface area contributed by atoms with Gasteiger partial charge >= 0.3 is 0 Å². The van der Waals surface area contributed by atoms with Crippen molar-refractivity contribution >= 4 is 15.7 Å². The molecule has 0 aliphatic heterocycles. The van der Waals surface area contributed by atoms with Crippen molar-refractivity contribution in [2.45, 2.75) is 6.54 Å². The van der Waals surface area contributed by atoms with Crippen molar-refractivity contribution in [3.8, 4) is 0 Å². The van der Waals surface area contributed by atoms with Gasteiger partial charge in [-0.3, -0.25) is 9.40 Å². The van der Waals surface area contributed by atoms with Crippen LogP contribution in [0.2, 0.25) is 0 Å². The molecule has 0 atom stereocenters. The number of hydrogen-bond donors (Lipinski definition) is 1. The molecule has 0 bridgehead atoms. The fourth-order valence-corrected chi connectivity index (χ4v) is 2.05. The molecule has 2 rings (SSSR count). The molecule has 0 fully saturated rings. The van der Waals surface area contributed by atoms with Gasteiger partial charge < -0.3 is 0 Å². The summed E-state index contributed by atoms with van der Waals surface area (Å²) in [5, 5.41) is 3.96. The van der Waals surface area contributed by atoms with Crippen molar-refractivity contribution < 1.29 is 12.8 Å². The highest BCUT2D eigenvalue weighted by atomic mass is 32.2. The molecular formula is C11H12FN3O2S. The second kappa shape index (κ2) is 4.77. The van der Waals surface area contributed by atoms with Crippen LogP contribution in [-0.4, -0.2) is 24.5 Å². The summed E-state index contributed by atoms with van der Waals surface area (Å²) in [5.74, 6) is -0.314. The lowest BCUT2D eigenvalue weighted by molar-refractivity contribution is 0.585. The van der Waals surface area contributed by atoms with Crippen molar-refractivity contribution in [2.75, 3.05) is 11.0 Å². The van der Waals surface area contributed by atoms with Gasteiger partial charge in [0.2, 0.25) is 10.0 Å². The van der Waals surface area contributed by atoms with Crippen LogP contribution in [-0.2, 0) is 16.6 Å². The first kappa shape index (κ1) is 12.6. The molecule has 1 N–H and O–H groups in total. The van der Waals surface area contributed by atoms with Gasteiger partial charge in [-0.1, -0.05) is 18.2 Å². The molecule has 0 saturated carbocycles. The van der Waals surface area contributed by atoms with Crippen LogP contribution >= 0.6 is 0 Å². The maximum Gasteiger partial charge on any atom is 0.229 e. The minimum absolute atomic E-state index is 0.248. The normalized spacial score (nSPS) is 11.4. The molecule has 1 aromatic heterocycles. The van der Waals surface area contributed by atoms with Crippen LogP contribution in [0.4, 0.5) is 10.1 Å². The molecule has 0 unspecified atom stereocenters. The lowest BCUT2D eigenvalue weighted by Gasteiger charge is -2.03. The summed E-state index contributed by atoms with van der Waals surface area (Å²) in [6, 6.07) is 6.37. The molecule has 96 valence electrons. The minimum atomic E-state index is -3.32. The number of halogens is 1. The van der Waals surface area contributed by atoms with Crippen LogP contribution in [0.3, 0.4) is 0 Å². The zero-order valence-corrected chi connectivity index (χ0v) is 10.5. The molecule has 7 heteroatoms. The zero-order chi connectivity index (χ0) is 13.2. The lowest BCUT2D eigenvalue weighted by Crippen LogP contribution is -2.08. The van der Waals surface area contributed by atoms with Gasteiger partial charge in [0.15, 0.2) is 0 Å². The third-order valence-electron chi connectivity index (χ3n) is 2.23. The van der Waals surface area contributed by atoms with E-state index in [0.717, 1.165) is 6.26 Å². The van der Waals surface area contributed by atoms with Crippen LogP contribution in [0.15, 0.2) is 36.7 Å². The second-order valence-electron chi connectivity index (χ2n) is 3.89. The van der Waals surface area contributed by atoms with Gasteiger partial charge in [0.05, 0.1) is 24.7 Å². The summed E-state index contributed by atoms with van der Waals surface area (Å²) in [6.07, 6.45) is 3.94. The Morgan fingerprint density at radius 2 is 2.11 bits per heavy atom. The number of nitrogens with zero attached hydrogens (tertiary/aromatic N) is 2. The van der Waals surface area contributed by atoms with E-state index < -0.39 is 10.0 Å². The van der Waals surface area contributed by atoms with Crippen LogP contribution in [0, 0.1) is 5.82 Å². The highest BCUT2D eigenvalue weighted by Gasteiger charge is 2.06. The smallest absolute Gasteiger partial charge is 0.229 e. The fraction of sp³-hybridized carbons (Fsp3) is 0.182. The van der Waals surface area contributed by atoms with E-state index in [9.17, 15) is 12.8 Å². The van der Waals surface area contributed by atoms with Crippen LogP contribution < -0.4 is 4.72 Å². The van der Waals surface area contributed by atoms with Gasteiger partial charge in [0.1, 0.15) is 5.82 Å². The van der Waals surface area contributed by atoms with Crippen LogP contribution in [0.1, 0.15) is 5.56 Å². The molecule has 5 nitrogen and oxygen atoms in total. The largest absolute Gasteiger partial charge is 0.281 e. The summed E-state index contributed by atoms with van der Waals surface area (Å²) < 4.78 is 39.2. The Balaban J connectivity index is 2.14. The van der Waals surface area contributed by atoms with Gasteiger partial charge in [-0.2, -0.15) is 5.10 Å². The molecule has 2 aromatic rings. The number of anilines is 1. The summed E-state index contributed by atoms with van der Waals surface area (Å²) in [5.41, 5.74) is 0.848. The molecule has 0 amide bonds. The average molecular weight is 269 g/mol. The average Bonchev–Trinajstić information content (AvgIpc) is 2.66. The summed E-state index contributed by atoms with van der Waals surface area (Å²) >= 11 is 0. The zero-order valence-electron chi connectivity index (χ0n) is 9.67. The molecule has 0 spiro atoms. The summed E-state index contributed by atoms with van der Waals surface area (Å²) in [6.45, 7) is 0.248. The van der Waals surface area contributed by atoms with E-state index in [-0.39, 0.29) is 12.4 Å². The van der Waals surface area contributed by atoms with Crippen molar-refractivity contribution in [2.24, 2.45) is 0 Å². The molecule has 1 aromatic carbocycles. The Hall–Kier alpha value is -1.89. The molecule has 1 heterocycles. The topological polar surface area (TPSA) is 64.0 Å². The van der Waals surface area contributed by atoms with Crippen LogP contribution in [0.25, 0.3) is 0 Å². The molecule has 0 aliphatic carbocycles. The van der Waals surface area contributed by atoms with Crippen molar-refractivity contribution in [3.05, 3.63) is 48.0 Å². The monoisotopic (exact) mass is 269 g/mol. The molecule has 0 radical (unpaired) electrons. The Labute approximate surface area is 104 Å². The van der Waals surface area contributed by atoms with Gasteiger partial charge in [-0.05, 0) is 6.07 Å². The summed E-state index contributed by atoms with van der Waals surface area (Å²) in [4.78, 5) is 0. The van der Waals surface area contributed by atoms with E-state index in [1.807, 2.05) is 0 Å². The highest BCUT2D eigenvalue weighted by Crippen LogP contribution is 2.11. The third-order valence-corrected chi connectivity index (χ3v) is 2.83. The number of benzene rings is 1. The second-order valence-corrected chi connectivity index (χ2v) is 5.64. The van der Waals surface area contributed by atoms with Crippen LogP contribution in [0.5, 0.6) is 0 Å². The number of aromatic nitrogens is 2. The van der Waals surface area contributed by atoms with Gasteiger partial charge in [-0.25, -0.2) is 12.8 Å². The van der Waals surface area contributed by atoms with Gasteiger partial charge in [0, 0.05) is 11.8 Å². The number of hydrogen-bond acceptors (Lipinski definition) is 3. The molecule has 0 aliphatic rings. The molecule has 0 saturated heterocycles. The number of nitrogens with one attached hydrogen (secondary N) is 1. The first-order valence-electron chi connectivity index (χ1n) is 5.18. The standard InChI is InChI=1S/C11H12FN3O2S/c1-18(16,17)14-10-6-13-15(8-10)7-9-4-2-3-5-11(9)12/h2-6,8,14H,7H2,1H3. The Kier molecular flexibility index (Phi) is 3.33. The molecular weight excluding hydrogens is 257 g/mol. The molecule has 18 heavy (non-hydrogen) atoms. The van der Waals surface area contributed by atoms with E-state index in [2.05, 4.69) is 9.82 Å². The predicted octanol–water partition coefficient (Wildman–Crippen LogP) is 1.44. The highest BCUT2D eigenvalue weighted by molar-refractivity contribution is 7.92. The predicted molar refractivity (Wildman–Crippen MR) is 66.2 cm³/mol. The van der Waals surface area contributed by atoms with E-state index in [0.29, 0.717) is 11.3 Å². The van der Waals surface area contributed by atoms with Crippen molar-refractivity contribution in [1.29, 1.82) is 0 Å². The quantitative estimate of drug-likeness (QED) is 0.913. The first-order chi connectivity index (χ1) is 8.44. The van der Waals surface area contributed by atoms with Crippen molar-refractivity contribution in [1.82, 2.24) is 9.78 Å². The van der Waals surface area contributed by atoms with E-state index in [1.165, 1.54) is 23.1 Å². The Bertz CT molecular complexity index is 652. The maximum atomic E-state index is 13.4. The minimum Gasteiger partial charge on any atom is -0.281 e. The van der Waals surface area contributed by atoms with E-state index in [1.54, 1.807) is 18.2 Å². The van der Waals surface area contributed by atoms with E-state index >= 15 is 0 Å². The fourth-order valence-electron chi connectivity index (χ4n) is 1.52. The Morgan fingerprint density at radius 1 is 1.39 bits per heavy atom. The SMILES string of the molecule is CS(=O)(=O)Nc1cnn(Cc2ccccc2F)c1. The van der Waals surface area contributed by atoms with Crippen molar-refractivity contribution in [3.63, 3.8) is 0 Å². The lowest BCUT2D eigenvalue weighted by atomic mass is 10.2. The first-order valence-corrected chi connectivity index (χ1v) is 7.07. The number of rotatable bonds is 4. The third kappa shape index (κ3) is 3.30. The Morgan fingerprint density at radius 3 is 2.78 bits per heavy atom. The van der Waals surface area contributed by atoms with E-state index in [4.69, 9.17) is 0 Å². The summed E-state index contributed by atoms with van der Waals surface area (Å²) in [7, 11) is -3.32. The maximum absolute atomic E-state index is 13.4. The van der Waals surface area contributed by atoms with Gasteiger partial charge in [-0.15, -0.1) is 0 Å². The number of sulfonamides is 1.